The quantitative estimate of drug-likeness (QED) is 0.675. The van der Waals surface area contributed by atoms with Gasteiger partial charge in [0.2, 0.25) is 0 Å². The number of ether oxygens (including phenoxy) is 1. The Bertz CT molecular complexity index is 346. The standard InChI is InChI=1S/C16H27NO2/c1-4-12-17-13-11-16(2,18)10-9-14-5-7-15(19-3)8-6-14/h5-8,17-18H,4,9-13H2,1-3H3. The highest BCUT2D eigenvalue weighted by Gasteiger charge is 2.19. The minimum absolute atomic E-state index is 0.597. The Hall–Kier alpha value is -1.06. The van der Waals surface area contributed by atoms with Crippen LogP contribution in [0.3, 0.4) is 0 Å². The molecule has 1 rings (SSSR count). The van der Waals surface area contributed by atoms with E-state index in [0.29, 0.717) is 0 Å². The summed E-state index contributed by atoms with van der Waals surface area (Å²) in [6.45, 7) is 5.97. The first-order valence-electron chi connectivity index (χ1n) is 7.13. The first-order valence-corrected chi connectivity index (χ1v) is 7.13. The van der Waals surface area contributed by atoms with Crippen molar-refractivity contribution in [3.8, 4) is 5.75 Å². The summed E-state index contributed by atoms with van der Waals surface area (Å²) in [6.07, 6.45) is 3.61. The molecule has 1 atom stereocenters. The molecule has 0 saturated carbocycles. The Labute approximate surface area is 117 Å². The monoisotopic (exact) mass is 265 g/mol. The van der Waals surface area contributed by atoms with E-state index in [2.05, 4.69) is 24.4 Å². The van der Waals surface area contributed by atoms with Crippen molar-refractivity contribution in [3.05, 3.63) is 29.8 Å². The second kappa shape index (κ2) is 8.18. The predicted octanol–water partition coefficient (Wildman–Crippen LogP) is 2.77. The van der Waals surface area contributed by atoms with Crippen molar-refractivity contribution in [2.24, 2.45) is 0 Å². The van der Waals surface area contributed by atoms with Gasteiger partial charge >= 0.3 is 0 Å². The van der Waals surface area contributed by atoms with Gasteiger partial charge < -0.3 is 15.2 Å². The maximum atomic E-state index is 10.3. The average Bonchev–Trinajstić information content (AvgIpc) is 2.42. The van der Waals surface area contributed by atoms with Gasteiger partial charge in [-0.2, -0.15) is 0 Å². The van der Waals surface area contributed by atoms with Gasteiger partial charge in [0.15, 0.2) is 0 Å². The molecule has 0 fully saturated rings. The van der Waals surface area contributed by atoms with Crippen LogP contribution in [0.1, 0.15) is 38.7 Å². The van der Waals surface area contributed by atoms with E-state index in [1.165, 1.54) is 5.56 Å². The Morgan fingerprint density at radius 1 is 1.16 bits per heavy atom. The molecule has 0 amide bonds. The zero-order chi connectivity index (χ0) is 14.1. The van der Waals surface area contributed by atoms with Gasteiger partial charge in [-0.05, 0) is 63.4 Å². The number of benzene rings is 1. The van der Waals surface area contributed by atoms with E-state index >= 15 is 0 Å². The van der Waals surface area contributed by atoms with E-state index in [1.54, 1.807) is 7.11 Å². The summed E-state index contributed by atoms with van der Waals surface area (Å²) in [5.74, 6) is 0.874. The molecule has 1 unspecified atom stereocenters. The van der Waals surface area contributed by atoms with Crippen LogP contribution in [-0.2, 0) is 6.42 Å². The van der Waals surface area contributed by atoms with Gasteiger partial charge in [-0.1, -0.05) is 19.1 Å². The molecule has 0 aliphatic rings. The Morgan fingerprint density at radius 2 is 1.84 bits per heavy atom. The fourth-order valence-electron chi connectivity index (χ4n) is 1.99. The van der Waals surface area contributed by atoms with Crippen LogP contribution >= 0.6 is 0 Å². The van der Waals surface area contributed by atoms with Gasteiger partial charge in [-0.15, -0.1) is 0 Å². The second-order valence-corrected chi connectivity index (χ2v) is 5.35. The van der Waals surface area contributed by atoms with Gasteiger partial charge in [0.25, 0.3) is 0 Å². The molecule has 0 aliphatic heterocycles. The van der Waals surface area contributed by atoms with E-state index in [1.807, 2.05) is 19.1 Å². The van der Waals surface area contributed by atoms with Crippen molar-refractivity contribution >= 4 is 0 Å². The molecule has 2 N–H and O–H groups in total. The Kier molecular flexibility index (Phi) is 6.89. The lowest BCUT2D eigenvalue weighted by Crippen LogP contribution is -2.30. The molecule has 0 saturated heterocycles. The van der Waals surface area contributed by atoms with Gasteiger partial charge in [0.1, 0.15) is 5.75 Å². The number of rotatable bonds is 9. The van der Waals surface area contributed by atoms with Crippen molar-refractivity contribution in [2.45, 2.75) is 45.1 Å². The minimum Gasteiger partial charge on any atom is -0.497 e. The highest BCUT2D eigenvalue weighted by atomic mass is 16.5. The second-order valence-electron chi connectivity index (χ2n) is 5.35. The maximum Gasteiger partial charge on any atom is 0.118 e. The van der Waals surface area contributed by atoms with E-state index in [-0.39, 0.29) is 0 Å². The number of hydrogen-bond acceptors (Lipinski definition) is 3. The molecular weight excluding hydrogens is 238 g/mol. The average molecular weight is 265 g/mol. The SMILES string of the molecule is CCCNCCC(C)(O)CCc1ccc(OC)cc1. The summed E-state index contributed by atoms with van der Waals surface area (Å²) >= 11 is 0. The van der Waals surface area contributed by atoms with Crippen LogP contribution in [0.25, 0.3) is 0 Å². The van der Waals surface area contributed by atoms with Gasteiger partial charge in [0.05, 0.1) is 12.7 Å². The smallest absolute Gasteiger partial charge is 0.118 e. The number of nitrogens with one attached hydrogen (secondary N) is 1. The molecule has 1 aromatic rings. The number of hydrogen-bond donors (Lipinski definition) is 2. The summed E-state index contributed by atoms with van der Waals surface area (Å²) in [5.41, 5.74) is 0.642. The van der Waals surface area contributed by atoms with Crippen LogP contribution in [0.15, 0.2) is 24.3 Å². The maximum absolute atomic E-state index is 10.3. The molecule has 0 radical (unpaired) electrons. The van der Waals surface area contributed by atoms with Crippen LogP contribution in [0.5, 0.6) is 5.75 Å². The fourth-order valence-corrected chi connectivity index (χ4v) is 1.99. The Morgan fingerprint density at radius 3 is 2.42 bits per heavy atom. The largest absolute Gasteiger partial charge is 0.497 e. The van der Waals surface area contributed by atoms with Crippen LogP contribution in [0.4, 0.5) is 0 Å². The number of aliphatic hydroxyl groups is 1. The summed E-state index contributed by atoms with van der Waals surface area (Å²) in [7, 11) is 1.67. The fraction of sp³-hybridized carbons (Fsp3) is 0.625. The predicted molar refractivity (Wildman–Crippen MR) is 79.7 cm³/mol. The van der Waals surface area contributed by atoms with Crippen LogP contribution in [-0.4, -0.2) is 30.9 Å². The summed E-state index contributed by atoms with van der Waals surface area (Å²) in [6, 6.07) is 8.05. The van der Waals surface area contributed by atoms with Crippen LogP contribution in [0.2, 0.25) is 0 Å². The van der Waals surface area contributed by atoms with Gasteiger partial charge in [-0.3, -0.25) is 0 Å². The molecule has 0 aliphatic carbocycles. The summed E-state index contributed by atoms with van der Waals surface area (Å²) in [4.78, 5) is 0. The highest BCUT2D eigenvalue weighted by Crippen LogP contribution is 2.19. The third-order valence-electron chi connectivity index (χ3n) is 3.38. The van der Waals surface area contributed by atoms with E-state index < -0.39 is 5.60 Å². The topological polar surface area (TPSA) is 41.5 Å². The van der Waals surface area contributed by atoms with E-state index in [4.69, 9.17) is 4.74 Å². The van der Waals surface area contributed by atoms with Gasteiger partial charge in [0, 0.05) is 0 Å². The normalized spacial score (nSPS) is 14.1. The van der Waals surface area contributed by atoms with E-state index in [0.717, 1.165) is 44.5 Å². The summed E-state index contributed by atoms with van der Waals surface area (Å²) in [5, 5.41) is 13.6. The van der Waals surface area contributed by atoms with Crippen LogP contribution < -0.4 is 10.1 Å². The number of methoxy groups -OCH3 is 1. The zero-order valence-corrected chi connectivity index (χ0v) is 12.4. The molecule has 0 bridgehead atoms. The minimum atomic E-state index is -0.597. The Balaban J connectivity index is 2.32. The van der Waals surface area contributed by atoms with Crippen LogP contribution in [0, 0.1) is 0 Å². The van der Waals surface area contributed by atoms with Crippen molar-refractivity contribution in [3.63, 3.8) is 0 Å². The third kappa shape index (κ3) is 6.60. The summed E-state index contributed by atoms with van der Waals surface area (Å²) < 4.78 is 5.13. The molecule has 1 aromatic carbocycles. The lowest BCUT2D eigenvalue weighted by atomic mass is 9.93. The molecule has 3 heteroatoms. The number of aryl methyl sites for hydroxylation is 1. The van der Waals surface area contributed by atoms with E-state index in [9.17, 15) is 5.11 Å². The van der Waals surface area contributed by atoms with Crippen molar-refractivity contribution in [1.82, 2.24) is 5.32 Å². The molecule has 0 heterocycles. The highest BCUT2D eigenvalue weighted by molar-refractivity contribution is 5.27. The molecule has 0 spiro atoms. The third-order valence-corrected chi connectivity index (χ3v) is 3.38. The molecule has 3 nitrogen and oxygen atoms in total. The first-order chi connectivity index (χ1) is 9.07. The van der Waals surface area contributed by atoms with Gasteiger partial charge in [-0.25, -0.2) is 0 Å². The lowest BCUT2D eigenvalue weighted by molar-refractivity contribution is 0.0426. The molecule has 0 aromatic heterocycles. The first kappa shape index (κ1) is 16.0. The lowest BCUT2D eigenvalue weighted by Gasteiger charge is -2.23. The molecule has 108 valence electrons. The zero-order valence-electron chi connectivity index (χ0n) is 12.4. The molecule has 19 heavy (non-hydrogen) atoms. The van der Waals surface area contributed by atoms with Crippen molar-refractivity contribution in [1.29, 1.82) is 0 Å². The van der Waals surface area contributed by atoms with Crippen molar-refractivity contribution in [2.75, 3.05) is 20.2 Å². The molecular formula is C16H27NO2. The van der Waals surface area contributed by atoms with Crippen molar-refractivity contribution < 1.29 is 9.84 Å².